The Kier molecular flexibility index (Phi) is 5.38. The Labute approximate surface area is 105 Å². The largest absolute Gasteiger partial charge is 0.330 e. The SMILES string of the molecule is CCC(CN)CC(=O)Nc1ccc(Cl)cc1F. The Morgan fingerprint density at radius 1 is 1.59 bits per heavy atom. The van der Waals surface area contributed by atoms with E-state index in [0.29, 0.717) is 18.0 Å². The van der Waals surface area contributed by atoms with Crippen LogP contribution >= 0.6 is 11.6 Å². The molecular weight excluding hydrogens is 243 g/mol. The predicted molar refractivity (Wildman–Crippen MR) is 67.5 cm³/mol. The van der Waals surface area contributed by atoms with Crippen LogP contribution < -0.4 is 11.1 Å². The Balaban J connectivity index is 2.62. The topological polar surface area (TPSA) is 55.1 Å². The zero-order valence-electron chi connectivity index (χ0n) is 9.67. The van der Waals surface area contributed by atoms with Crippen LogP contribution in [0.15, 0.2) is 18.2 Å². The van der Waals surface area contributed by atoms with Gasteiger partial charge in [0, 0.05) is 11.4 Å². The van der Waals surface area contributed by atoms with Crippen molar-refractivity contribution in [1.82, 2.24) is 0 Å². The predicted octanol–water partition coefficient (Wildman–Crippen LogP) is 2.79. The van der Waals surface area contributed by atoms with Crippen molar-refractivity contribution in [2.45, 2.75) is 19.8 Å². The van der Waals surface area contributed by atoms with Gasteiger partial charge in [0.15, 0.2) is 0 Å². The van der Waals surface area contributed by atoms with Crippen molar-refractivity contribution in [3.05, 3.63) is 29.0 Å². The first-order valence-corrected chi connectivity index (χ1v) is 5.89. The molecule has 3 N–H and O–H groups in total. The summed E-state index contributed by atoms with van der Waals surface area (Å²) >= 11 is 5.61. The first-order chi connectivity index (χ1) is 8.06. The second-order valence-corrected chi connectivity index (χ2v) is 4.32. The number of nitrogens with one attached hydrogen (secondary N) is 1. The summed E-state index contributed by atoms with van der Waals surface area (Å²) in [5, 5.41) is 2.81. The number of amides is 1. The molecule has 3 nitrogen and oxygen atoms in total. The summed E-state index contributed by atoms with van der Waals surface area (Å²) in [5.74, 6) is -0.638. The lowest BCUT2D eigenvalue weighted by Gasteiger charge is -2.12. The van der Waals surface area contributed by atoms with E-state index in [2.05, 4.69) is 5.32 Å². The van der Waals surface area contributed by atoms with E-state index >= 15 is 0 Å². The highest BCUT2D eigenvalue weighted by atomic mass is 35.5. The average Bonchev–Trinajstić information content (AvgIpc) is 2.29. The van der Waals surface area contributed by atoms with Gasteiger partial charge in [-0.15, -0.1) is 0 Å². The van der Waals surface area contributed by atoms with Crippen molar-refractivity contribution in [1.29, 1.82) is 0 Å². The van der Waals surface area contributed by atoms with Crippen molar-refractivity contribution in [3.63, 3.8) is 0 Å². The maximum atomic E-state index is 13.4. The van der Waals surface area contributed by atoms with Gasteiger partial charge in [-0.05, 0) is 30.7 Å². The highest BCUT2D eigenvalue weighted by molar-refractivity contribution is 6.30. The Bertz CT molecular complexity index is 394. The Morgan fingerprint density at radius 2 is 2.29 bits per heavy atom. The molecule has 1 rings (SSSR count). The molecule has 0 aliphatic carbocycles. The number of rotatable bonds is 5. The summed E-state index contributed by atoms with van der Waals surface area (Å²) < 4.78 is 13.4. The van der Waals surface area contributed by atoms with Gasteiger partial charge in [0.1, 0.15) is 5.82 Å². The summed E-state index contributed by atoms with van der Waals surface area (Å²) in [6, 6.07) is 4.14. The van der Waals surface area contributed by atoms with Gasteiger partial charge in [0.2, 0.25) is 5.91 Å². The quantitative estimate of drug-likeness (QED) is 0.853. The lowest BCUT2D eigenvalue weighted by atomic mass is 10.0. The number of carbonyl (C=O) groups is 1. The monoisotopic (exact) mass is 258 g/mol. The highest BCUT2D eigenvalue weighted by Gasteiger charge is 2.12. The normalized spacial score (nSPS) is 12.2. The standard InChI is InChI=1S/C12H16ClFN2O/c1-2-8(7-15)5-12(17)16-11-4-3-9(13)6-10(11)14/h3-4,6,8H,2,5,7,15H2,1H3,(H,16,17). The molecule has 0 bridgehead atoms. The minimum absolute atomic E-state index is 0.130. The van der Waals surface area contributed by atoms with Crippen LogP contribution in [-0.4, -0.2) is 12.5 Å². The third-order valence-corrected chi connectivity index (χ3v) is 2.83. The molecule has 94 valence electrons. The first-order valence-electron chi connectivity index (χ1n) is 5.51. The Hall–Kier alpha value is -1.13. The molecule has 1 aromatic carbocycles. The van der Waals surface area contributed by atoms with Gasteiger partial charge in [-0.1, -0.05) is 24.9 Å². The second kappa shape index (κ2) is 6.57. The van der Waals surface area contributed by atoms with Gasteiger partial charge in [0.25, 0.3) is 0 Å². The number of carbonyl (C=O) groups excluding carboxylic acids is 1. The molecule has 1 unspecified atom stereocenters. The third kappa shape index (κ3) is 4.32. The lowest BCUT2D eigenvalue weighted by molar-refractivity contribution is -0.117. The number of halogens is 2. The van der Waals surface area contributed by atoms with Crippen LogP contribution in [0.1, 0.15) is 19.8 Å². The molecule has 0 aromatic heterocycles. The van der Waals surface area contributed by atoms with Crippen LogP contribution in [0.25, 0.3) is 0 Å². The van der Waals surface area contributed by atoms with Crippen LogP contribution in [0.3, 0.4) is 0 Å². The molecule has 17 heavy (non-hydrogen) atoms. The average molecular weight is 259 g/mol. The number of hydrogen-bond acceptors (Lipinski definition) is 2. The van der Waals surface area contributed by atoms with Crippen molar-refractivity contribution < 1.29 is 9.18 Å². The van der Waals surface area contributed by atoms with E-state index in [1.165, 1.54) is 12.1 Å². The molecule has 0 aliphatic heterocycles. The van der Waals surface area contributed by atoms with Crippen molar-refractivity contribution in [2.75, 3.05) is 11.9 Å². The molecule has 0 spiro atoms. The fourth-order valence-corrected chi connectivity index (χ4v) is 1.61. The molecular formula is C12H16ClFN2O. The fourth-order valence-electron chi connectivity index (χ4n) is 1.45. The minimum atomic E-state index is -0.536. The van der Waals surface area contributed by atoms with Crippen LogP contribution in [-0.2, 0) is 4.79 Å². The van der Waals surface area contributed by atoms with Gasteiger partial charge >= 0.3 is 0 Å². The first kappa shape index (κ1) is 13.9. The molecule has 0 radical (unpaired) electrons. The number of nitrogens with two attached hydrogens (primary N) is 1. The van der Waals surface area contributed by atoms with Gasteiger partial charge in [-0.2, -0.15) is 0 Å². The molecule has 5 heteroatoms. The number of hydrogen-bond donors (Lipinski definition) is 2. The highest BCUT2D eigenvalue weighted by Crippen LogP contribution is 2.19. The van der Waals surface area contributed by atoms with E-state index in [-0.39, 0.29) is 17.5 Å². The molecule has 0 aliphatic rings. The van der Waals surface area contributed by atoms with Crippen LogP contribution in [0.5, 0.6) is 0 Å². The summed E-state index contributed by atoms with van der Waals surface area (Å²) in [6.07, 6.45) is 1.13. The molecule has 0 fully saturated rings. The van der Waals surface area contributed by atoms with E-state index in [4.69, 9.17) is 17.3 Å². The van der Waals surface area contributed by atoms with Gasteiger partial charge in [-0.3, -0.25) is 4.79 Å². The van der Waals surface area contributed by atoms with Crippen LogP contribution in [0.4, 0.5) is 10.1 Å². The van der Waals surface area contributed by atoms with Crippen molar-refractivity contribution in [2.24, 2.45) is 11.7 Å². The van der Waals surface area contributed by atoms with E-state index in [0.717, 1.165) is 12.5 Å². The lowest BCUT2D eigenvalue weighted by Crippen LogP contribution is -2.22. The summed E-state index contributed by atoms with van der Waals surface area (Å²) in [5.41, 5.74) is 5.65. The molecule has 1 atom stereocenters. The van der Waals surface area contributed by atoms with Crippen LogP contribution in [0, 0.1) is 11.7 Å². The van der Waals surface area contributed by atoms with Crippen molar-refractivity contribution >= 4 is 23.2 Å². The van der Waals surface area contributed by atoms with E-state index in [1.54, 1.807) is 0 Å². The number of benzene rings is 1. The van der Waals surface area contributed by atoms with E-state index in [9.17, 15) is 9.18 Å². The fraction of sp³-hybridized carbons (Fsp3) is 0.417. The maximum absolute atomic E-state index is 13.4. The van der Waals surface area contributed by atoms with Gasteiger partial charge in [-0.25, -0.2) is 4.39 Å². The zero-order valence-corrected chi connectivity index (χ0v) is 10.4. The molecule has 0 heterocycles. The van der Waals surface area contributed by atoms with Gasteiger partial charge in [0.05, 0.1) is 5.69 Å². The second-order valence-electron chi connectivity index (χ2n) is 3.89. The summed E-state index contributed by atoms with van der Waals surface area (Å²) in [6.45, 7) is 2.42. The molecule has 0 saturated heterocycles. The van der Waals surface area contributed by atoms with E-state index < -0.39 is 5.82 Å². The minimum Gasteiger partial charge on any atom is -0.330 e. The van der Waals surface area contributed by atoms with Gasteiger partial charge < -0.3 is 11.1 Å². The molecule has 1 amide bonds. The van der Waals surface area contributed by atoms with E-state index in [1.807, 2.05) is 6.92 Å². The van der Waals surface area contributed by atoms with Crippen LogP contribution in [0.2, 0.25) is 5.02 Å². The molecule has 0 saturated carbocycles. The Morgan fingerprint density at radius 3 is 2.82 bits per heavy atom. The third-order valence-electron chi connectivity index (χ3n) is 2.59. The summed E-state index contributed by atoms with van der Waals surface area (Å²) in [7, 11) is 0. The summed E-state index contributed by atoms with van der Waals surface area (Å²) in [4.78, 5) is 11.6. The smallest absolute Gasteiger partial charge is 0.224 e. The maximum Gasteiger partial charge on any atom is 0.224 e. The van der Waals surface area contributed by atoms with Crippen molar-refractivity contribution in [3.8, 4) is 0 Å². The molecule has 1 aromatic rings. The number of anilines is 1. The zero-order chi connectivity index (χ0) is 12.8.